The van der Waals surface area contributed by atoms with Crippen LogP contribution in [0.25, 0.3) is 0 Å². The number of sulfonamides is 1. The summed E-state index contributed by atoms with van der Waals surface area (Å²) in [5, 5.41) is 2.88. The van der Waals surface area contributed by atoms with Crippen molar-refractivity contribution in [3.63, 3.8) is 0 Å². The Morgan fingerprint density at radius 1 is 1.08 bits per heavy atom. The zero-order valence-electron chi connectivity index (χ0n) is 15.0. The first-order valence-electron chi connectivity index (χ1n) is 8.68. The van der Waals surface area contributed by atoms with Gasteiger partial charge in [-0.2, -0.15) is 4.31 Å². The predicted octanol–water partition coefficient (Wildman–Crippen LogP) is 3.51. The molecule has 0 saturated heterocycles. The van der Waals surface area contributed by atoms with Crippen LogP contribution in [-0.2, 0) is 23.1 Å². The Balaban J connectivity index is 0.00000261. The molecule has 0 atom stereocenters. The number of amides is 2. The highest BCUT2D eigenvalue weighted by Crippen LogP contribution is 2.24. The van der Waals surface area contributed by atoms with Gasteiger partial charge >= 0.3 is 6.03 Å². The lowest BCUT2D eigenvalue weighted by molar-refractivity contribution is 0.204. The smallest absolute Gasteiger partial charge is 0.316 e. The van der Waals surface area contributed by atoms with E-state index in [9.17, 15) is 13.2 Å². The van der Waals surface area contributed by atoms with Gasteiger partial charge in [-0.1, -0.05) is 44.2 Å². The average Bonchev–Trinajstić information content (AvgIpc) is 2.63. The number of nitrogens with zero attached hydrogens (tertiary/aromatic N) is 2. The highest BCUT2D eigenvalue weighted by atomic mass is 32.2. The number of rotatable bonds is 6. The van der Waals surface area contributed by atoms with Gasteiger partial charge in [0, 0.05) is 33.3 Å². The first-order valence-corrected chi connectivity index (χ1v) is 10.1. The number of fused-ring (bicyclic) bond motifs is 1. The molecule has 0 aliphatic carbocycles. The number of anilines is 1. The SMILES string of the molecule is CCN(CC)S(=O)(=O)c1ccc(CN2Cc3ccccc3NC2=O)cc1.[HH]. The normalized spacial score (nSPS) is 14.3. The van der Waals surface area contributed by atoms with E-state index in [1.807, 2.05) is 38.1 Å². The molecule has 2 aromatic rings. The predicted molar refractivity (Wildman–Crippen MR) is 103 cm³/mol. The molecule has 0 aromatic heterocycles. The maximum absolute atomic E-state index is 12.5. The summed E-state index contributed by atoms with van der Waals surface area (Å²) in [5.41, 5.74) is 2.79. The number of para-hydroxylation sites is 1. The van der Waals surface area contributed by atoms with Gasteiger partial charge in [0.2, 0.25) is 10.0 Å². The molecule has 1 aliphatic heterocycles. The minimum absolute atomic E-state index is 0. The van der Waals surface area contributed by atoms with Gasteiger partial charge in [-0.3, -0.25) is 0 Å². The van der Waals surface area contributed by atoms with Gasteiger partial charge < -0.3 is 10.2 Å². The lowest BCUT2D eigenvalue weighted by atomic mass is 10.1. The van der Waals surface area contributed by atoms with Crippen molar-refractivity contribution in [2.75, 3.05) is 18.4 Å². The van der Waals surface area contributed by atoms with E-state index in [-0.39, 0.29) is 12.4 Å². The molecule has 2 aromatic carbocycles. The molecule has 2 amide bonds. The van der Waals surface area contributed by atoms with Gasteiger partial charge in [0.05, 0.1) is 4.90 Å². The summed E-state index contributed by atoms with van der Waals surface area (Å²) in [6.45, 7) is 5.47. The first kappa shape index (κ1) is 18.4. The Hall–Kier alpha value is -2.38. The molecular formula is C19H25N3O3S. The second-order valence-corrected chi connectivity index (χ2v) is 8.11. The molecule has 7 heteroatoms. The number of urea groups is 1. The van der Waals surface area contributed by atoms with E-state index in [2.05, 4.69) is 5.32 Å². The largest absolute Gasteiger partial charge is 0.322 e. The number of hydrogen-bond acceptors (Lipinski definition) is 3. The Morgan fingerprint density at radius 2 is 1.73 bits per heavy atom. The van der Waals surface area contributed by atoms with Crippen molar-refractivity contribution < 1.29 is 14.6 Å². The fraction of sp³-hybridized carbons (Fsp3) is 0.316. The van der Waals surface area contributed by atoms with Crippen LogP contribution in [0, 0.1) is 0 Å². The second-order valence-electron chi connectivity index (χ2n) is 6.18. The molecule has 1 heterocycles. The fourth-order valence-electron chi connectivity index (χ4n) is 3.08. The minimum atomic E-state index is -3.46. The summed E-state index contributed by atoms with van der Waals surface area (Å²) < 4.78 is 26.5. The van der Waals surface area contributed by atoms with E-state index >= 15 is 0 Å². The summed E-state index contributed by atoms with van der Waals surface area (Å²) in [4.78, 5) is 14.2. The molecule has 26 heavy (non-hydrogen) atoms. The van der Waals surface area contributed by atoms with Crippen molar-refractivity contribution in [2.24, 2.45) is 0 Å². The van der Waals surface area contributed by atoms with Crippen molar-refractivity contribution in [3.8, 4) is 0 Å². The molecule has 1 aliphatic rings. The van der Waals surface area contributed by atoms with Gasteiger partial charge in [0.15, 0.2) is 0 Å². The third-order valence-corrected chi connectivity index (χ3v) is 6.61. The number of carbonyl (C=O) groups excluding carboxylic acids is 1. The van der Waals surface area contributed by atoms with E-state index < -0.39 is 10.0 Å². The molecule has 140 valence electrons. The number of nitrogens with one attached hydrogen (secondary N) is 1. The lowest BCUT2D eigenvalue weighted by Gasteiger charge is -2.29. The fourth-order valence-corrected chi connectivity index (χ4v) is 4.54. The van der Waals surface area contributed by atoms with Crippen LogP contribution in [0.3, 0.4) is 0 Å². The summed E-state index contributed by atoms with van der Waals surface area (Å²) in [7, 11) is -3.46. The van der Waals surface area contributed by atoms with Gasteiger partial charge in [-0.25, -0.2) is 13.2 Å². The molecule has 0 spiro atoms. The summed E-state index contributed by atoms with van der Waals surface area (Å²) in [6.07, 6.45) is 0. The zero-order chi connectivity index (χ0) is 18.7. The maximum atomic E-state index is 12.5. The first-order chi connectivity index (χ1) is 12.5. The maximum Gasteiger partial charge on any atom is 0.322 e. The highest BCUT2D eigenvalue weighted by molar-refractivity contribution is 7.89. The molecular weight excluding hydrogens is 350 g/mol. The van der Waals surface area contributed by atoms with Crippen LogP contribution >= 0.6 is 0 Å². The van der Waals surface area contributed by atoms with E-state index in [0.29, 0.717) is 26.2 Å². The van der Waals surface area contributed by atoms with Crippen LogP contribution in [0.15, 0.2) is 53.4 Å². The zero-order valence-corrected chi connectivity index (χ0v) is 15.8. The quantitative estimate of drug-likeness (QED) is 0.840. The van der Waals surface area contributed by atoms with Crippen LogP contribution < -0.4 is 5.32 Å². The Morgan fingerprint density at radius 3 is 2.38 bits per heavy atom. The van der Waals surface area contributed by atoms with Crippen molar-refractivity contribution in [1.29, 1.82) is 0 Å². The Kier molecular flexibility index (Phi) is 5.29. The summed E-state index contributed by atoms with van der Waals surface area (Å²) in [6, 6.07) is 14.3. The summed E-state index contributed by atoms with van der Waals surface area (Å²) >= 11 is 0. The van der Waals surface area contributed by atoms with Crippen LogP contribution in [0.4, 0.5) is 10.5 Å². The van der Waals surface area contributed by atoms with E-state index in [1.54, 1.807) is 29.2 Å². The molecule has 0 fully saturated rings. The van der Waals surface area contributed by atoms with Gasteiger partial charge in [0.25, 0.3) is 0 Å². The van der Waals surface area contributed by atoms with Crippen LogP contribution in [0.5, 0.6) is 0 Å². The third kappa shape index (κ3) is 3.59. The van der Waals surface area contributed by atoms with E-state index in [1.165, 1.54) is 4.31 Å². The van der Waals surface area contributed by atoms with Crippen LogP contribution in [-0.4, -0.2) is 36.7 Å². The van der Waals surface area contributed by atoms with Crippen molar-refractivity contribution in [1.82, 2.24) is 9.21 Å². The molecule has 0 unspecified atom stereocenters. The van der Waals surface area contributed by atoms with Gasteiger partial charge in [-0.15, -0.1) is 0 Å². The van der Waals surface area contributed by atoms with Crippen LogP contribution in [0.2, 0.25) is 0 Å². The molecule has 0 saturated carbocycles. The molecule has 3 rings (SSSR count). The minimum Gasteiger partial charge on any atom is -0.316 e. The van der Waals surface area contributed by atoms with Crippen molar-refractivity contribution in [3.05, 3.63) is 59.7 Å². The van der Waals surface area contributed by atoms with Gasteiger partial charge in [0.1, 0.15) is 0 Å². The van der Waals surface area contributed by atoms with E-state index in [0.717, 1.165) is 16.8 Å². The van der Waals surface area contributed by atoms with Gasteiger partial charge in [-0.05, 0) is 29.3 Å². The second kappa shape index (κ2) is 7.47. The topological polar surface area (TPSA) is 69.7 Å². The molecule has 6 nitrogen and oxygen atoms in total. The average molecular weight is 375 g/mol. The number of benzene rings is 2. The monoisotopic (exact) mass is 375 g/mol. The summed E-state index contributed by atoms with van der Waals surface area (Å²) in [5.74, 6) is 0. The molecule has 0 radical (unpaired) electrons. The number of hydrogen-bond donors (Lipinski definition) is 1. The molecule has 0 bridgehead atoms. The highest BCUT2D eigenvalue weighted by Gasteiger charge is 2.23. The third-order valence-electron chi connectivity index (χ3n) is 4.55. The van der Waals surface area contributed by atoms with Crippen molar-refractivity contribution >= 4 is 21.7 Å². The standard InChI is InChI=1S/C19H23N3O3S.H2/c1-3-22(4-2)26(24,25)17-11-9-15(10-12-17)13-21-14-16-7-5-6-8-18(16)20-19(21)23;/h5-12H,3-4,13-14H2,1-2H3,(H,20,23);1H. The molecule has 1 N–H and O–H groups in total. The Labute approximate surface area is 156 Å². The Bertz CT molecular complexity index is 897. The lowest BCUT2D eigenvalue weighted by Crippen LogP contribution is -2.38. The van der Waals surface area contributed by atoms with E-state index in [4.69, 9.17) is 0 Å². The van der Waals surface area contributed by atoms with Crippen molar-refractivity contribution in [2.45, 2.75) is 31.8 Å². The van der Waals surface area contributed by atoms with Crippen LogP contribution in [0.1, 0.15) is 26.4 Å². The number of carbonyl (C=O) groups is 1.